The van der Waals surface area contributed by atoms with Crippen molar-refractivity contribution < 1.29 is 4.79 Å². The Bertz CT molecular complexity index is 1010. The number of para-hydroxylation sites is 1. The predicted octanol–water partition coefficient (Wildman–Crippen LogP) is 5.88. The molecule has 0 atom stereocenters. The molecule has 3 N–H and O–H groups in total. The number of amides is 1. The third-order valence-electron chi connectivity index (χ3n) is 4.17. The maximum Gasteiger partial charge on any atom is 0.221 e. The monoisotopic (exact) mass is 424 g/mol. The summed E-state index contributed by atoms with van der Waals surface area (Å²) in [5.41, 5.74) is 4.27. The highest BCUT2D eigenvalue weighted by atomic mass is 35.5. The number of benzene rings is 3. The minimum absolute atomic E-state index is 0.110. The van der Waals surface area contributed by atoms with Crippen LogP contribution in [-0.4, -0.2) is 18.1 Å². The summed E-state index contributed by atoms with van der Waals surface area (Å²) in [6.45, 7) is 1.47. The lowest BCUT2D eigenvalue weighted by molar-refractivity contribution is -0.114. The quantitative estimate of drug-likeness (QED) is 0.447. The highest BCUT2D eigenvalue weighted by Gasteiger charge is 2.09. The Hall–Kier alpha value is -3.09. The van der Waals surface area contributed by atoms with Gasteiger partial charge in [0.25, 0.3) is 0 Å². The van der Waals surface area contributed by atoms with Gasteiger partial charge >= 0.3 is 0 Å². The van der Waals surface area contributed by atoms with Gasteiger partial charge in [0.2, 0.25) is 5.91 Å². The van der Waals surface area contributed by atoms with Crippen molar-refractivity contribution in [2.75, 3.05) is 27.9 Å². The number of anilines is 5. The minimum Gasteiger partial charge on any atom is -0.343 e. The van der Waals surface area contributed by atoms with Crippen LogP contribution in [-0.2, 0) is 4.79 Å². The number of hydrogen-bond acceptors (Lipinski definition) is 3. The Morgan fingerprint density at radius 1 is 0.862 bits per heavy atom. The second kappa shape index (κ2) is 9.41. The Kier molecular flexibility index (Phi) is 6.69. The topological polar surface area (TPSA) is 56.4 Å². The number of nitrogens with zero attached hydrogens (tertiary/aromatic N) is 1. The second-order valence-corrected chi connectivity index (χ2v) is 7.21. The van der Waals surface area contributed by atoms with Crippen molar-refractivity contribution in [1.29, 1.82) is 0 Å². The normalized spacial score (nSPS) is 10.2. The third-order valence-corrected chi connectivity index (χ3v) is 4.68. The highest BCUT2D eigenvalue weighted by molar-refractivity contribution is 7.80. The van der Waals surface area contributed by atoms with Gasteiger partial charge in [0.05, 0.1) is 10.7 Å². The standard InChI is InChI=1S/C22H21ClN4OS/c1-15(28)24-16-8-10-17(11-9-16)25-22(29)26-18-12-13-21(20(23)14-18)27(2)19-6-4-3-5-7-19/h3-14H,1-2H3,(H,24,28)(H2,25,26,29). The highest BCUT2D eigenvalue weighted by Crippen LogP contribution is 2.32. The lowest BCUT2D eigenvalue weighted by atomic mass is 10.2. The van der Waals surface area contributed by atoms with E-state index < -0.39 is 0 Å². The van der Waals surface area contributed by atoms with Crippen LogP contribution in [0, 0.1) is 0 Å². The first kappa shape index (κ1) is 20.6. The molecular weight excluding hydrogens is 404 g/mol. The fourth-order valence-electron chi connectivity index (χ4n) is 2.78. The molecule has 0 fully saturated rings. The fourth-order valence-corrected chi connectivity index (χ4v) is 3.32. The van der Waals surface area contributed by atoms with Gasteiger partial charge in [0, 0.05) is 36.7 Å². The summed E-state index contributed by atoms with van der Waals surface area (Å²) in [4.78, 5) is 13.1. The maximum absolute atomic E-state index is 11.1. The zero-order chi connectivity index (χ0) is 20.8. The Labute approximate surface area is 180 Å². The SMILES string of the molecule is CC(=O)Nc1ccc(NC(=S)Nc2ccc(N(C)c3ccccc3)c(Cl)c2)cc1. The number of hydrogen-bond donors (Lipinski definition) is 3. The van der Waals surface area contributed by atoms with Crippen LogP contribution < -0.4 is 20.9 Å². The molecule has 3 rings (SSSR count). The van der Waals surface area contributed by atoms with E-state index in [1.165, 1.54) is 6.92 Å². The molecule has 3 aromatic rings. The van der Waals surface area contributed by atoms with E-state index in [-0.39, 0.29) is 5.91 Å². The van der Waals surface area contributed by atoms with Gasteiger partial charge in [-0.2, -0.15) is 0 Å². The van der Waals surface area contributed by atoms with Crippen molar-refractivity contribution in [2.45, 2.75) is 6.92 Å². The molecule has 0 aromatic heterocycles. The number of thiocarbonyl (C=S) groups is 1. The predicted molar refractivity (Wildman–Crippen MR) is 127 cm³/mol. The molecule has 0 aliphatic rings. The lowest BCUT2D eigenvalue weighted by Gasteiger charge is -2.21. The van der Waals surface area contributed by atoms with Gasteiger partial charge in [-0.15, -0.1) is 0 Å². The van der Waals surface area contributed by atoms with Crippen LogP contribution in [0.15, 0.2) is 72.8 Å². The molecule has 0 heterocycles. The lowest BCUT2D eigenvalue weighted by Crippen LogP contribution is -2.19. The molecule has 148 valence electrons. The molecule has 0 bridgehead atoms. The number of halogens is 1. The molecule has 1 amide bonds. The molecule has 0 saturated carbocycles. The largest absolute Gasteiger partial charge is 0.343 e. The smallest absolute Gasteiger partial charge is 0.221 e. The number of nitrogens with one attached hydrogen (secondary N) is 3. The molecule has 0 aliphatic heterocycles. The summed E-state index contributed by atoms with van der Waals surface area (Å²) >= 11 is 11.9. The van der Waals surface area contributed by atoms with Gasteiger partial charge in [-0.1, -0.05) is 29.8 Å². The van der Waals surface area contributed by atoms with E-state index in [0.717, 1.165) is 28.4 Å². The number of rotatable bonds is 5. The van der Waals surface area contributed by atoms with Crippen molar-refractivity contribution in [3.8, 4) is 0 Å². The zero-order valence-electron chi connectivity index (χ0n) is 16.1. The van der Waals surface area contributed by atoms with E-state index in [4.69, 9.17) is 23.8 Å². The summed E-state index contributed by atoms with van der Waals surface area (Å²) in [5.74, 6) is -0.110. The van der Waals surface area contributed by atoms with Crippen molar-refractivity contribution >= 4 is 63.3 Å². The van der Waals surface area contributed by atoms with Gasteiger partial charge in [-0.05, 0) is 66.8 Å². The first-order chi connectivity index (χ1) is 13.9. The first-order valence-electron chi connectivity index (χ1n) is 8.96. The Morgan fingerprint density at radius 2 is 1.41 bits per heavy atom. The van der Waals surface area contributed by atoms with Gasteiger partial charge in [0.15, 0.2) is 5.11 Å². The molecule has 29 heavy (non-hydrogen) atoms. The average Bonchev–Trinajstić information content (AvgIpc) is 2.69. The molecular formula is C22H21ClN4OS. The van der Waals surface area contributed by atoms with Gasteiger partial charge in [-0.3, -0.25) is 4.79 Å². The van der Waals surface area contributed by atoms with E-state index in [1.807, 2.05) is 72.6 Å². The summed E-state index contributed by atoms with van der Waals surface area (Å²) in [6.07, 6.45) is 0. The number of carbonyl (C=O) groups excluding carboxylic acids is 1. The number of carbonyl (C=O) groups is 1. The van der Waals surface area contributed by atoms with Crippen LogP contribution in [0.25, 0.3) is 0 Å². The zero-order valence-corrected chi connectivity index (χ0v) is 17.6. The van der Waals surface area contributed by atoms with Crippen LogP contribution in [0.3, 0.4) is 0 Å². The van der Waals surface area contributed by atoms with Gasteiger partial charge < -0.3 is 20.9 Å². The summed E-state index contributed by atoms with van der Waals surface area (Å²) in [6, 6.07) is 23.0. The van der Waals surface area contributed by atoms with E-state index in [0.29, 0.717) is 10.1 Å². The van der Waals surface area contributed by atoms with Gasteiger partial charge in [-0.25, -0.2) is 0 Å². The average molecular weight is 425 g/mol. The molecule has 0 aliphatic carbocycles. The van der Waals surface area contributed by atoms with E-state index in [1.54, 1.807) is 12.1 Å². The van der Waals surface area contributed by atoms with Crippen molar-refractivity contribution in [1.82, 2.24) is 0 Å². The molecule has 0 unspecified atom stereocenters. The second-order valence-electron chi connectivity index (χ2n) is 6.40. The van der Waals surface area contributed by atoms with E-state index in [2.05, 4.69) is 16.0 Å². The van der Waals surface area contributed by atoms with Crippen LogP contribution >= 0.6 is 23.8 Å². The molecule has 3 aromatic carbocycles. The summed E-state index contributed by atoms with van der Waals surface area (Å²) < 4.78 is 0. The summed E-state index contributed by atoms with van der Waals surface area (Å²) in [7, 11) is 1.97. The maximum atomic E-state index is 11.1. The van der Waals surface area contributed by atoms with E-state index in [9.17, 15) is 4.79 Å². The fraction of sp³-hybridized carbons (Fsp3) is 0.0909. The first-order valence-corrected chi connectivity index (χ1v) is 9.75. The van der Waals surface area contributed by atoms with Crippen LogP contribution in [0.1, 0.15) is 6.92 Å². The minimum atomic E-state index is -0.110. The molecule has 0 saturated heterocycles. The summed E-state index contributed by atoms with van der Waals surface area (Å²) in [5, 5.41) is 10.0. The third kappa shape index (κ3) is 5.70. The Morgan fingerprint density at radius 3 is 2.00 bits per heavy atom. The molecule has 7 heteroatoms. The van der Waals surface area contributed by atoms with Crippen molar-refractivity contribution in [3.05, 3.63) is 77.8 Å². The molecule has 0 spiro atoms. The molecule has 5 nitrogen and oxygen atoms in total. The van der Waals surface area contributed by atoms with Gasteiger partial charge in [0.1, 0.15) is 0 Å². The van der Waals surface area contributed by atoms with Crippen LogP contribution in [0.4, 0.5) is 28.4 Å². The van der Waals surface area contributed by atoms with Crippen LogP contribution in [0.2, 0.25) is 5.02 Å². The molecule has 0 radical (unpaired) electrons. The van der Waals surface area contributed by atoms with E-state index >= 15 is 0 Å². The van der Waals surface area contributed by atoms with Crippen molar-refractivity contribution in [2.24, 2.45) is 0 Å². The van der Waals surface area contributed by atoms with Crippen molar-refractivity contribution in [3.63, 3.8) is 0 Å². The Balaban J connectivity index is 1.63. The van der Waals surface area contributed by atoms with Crippen LogP contribution in [0.5, 0.6) is 0 Å².